The molecule has 0 aromatic carbocycles. The quantitative estimate of drug-likeness (QED) is 0.888. The van der Waals surface area contributed by atoms with Gasteiger partial charge in [0.05, 0.1) is 0 Å². The smallest absolute Gasteiger partial charge is 0.265 e. The summed E-state index contributed by atoms with van der Waals surface area (Å²) >= 11 is 6.86. The molecule has 0 spiro atoms. The molecule has 2 aromatic heterocycles. The molecule has 0 saturated heterocycles. The molecule has 7 nitrogen and oxygen atoms in total. The largest absolute Gasteiger partial charge is 0.354 e. The first kappa shape index (κ1) is 14.8. The molecule has 0 atom stereocenters. The molecule has 0 unspecified atom stereocenters. The summed E-state index contributed by atoms with van der Waals surface area (Å²) in [5, 5.41) is 7.50. The van der Waals surface area contributed by atoms with Crippen LogP contribution in [0, 0.1) is 6.92 Å². The Kier molecular flexibility index (Phi) is 4.02. The normalized spacial score (nSPS) is 11.3. The number of aromatic nitrogens is 1. The number of rotatable bonds is 4. The molecule has 0 aliphatic heterocycles. The van der Waals surface area contributed by atoms with E-state index in [0.717, 1.165) is 11.3 Å². The summed E-state index contributed by atoms with van der Waals surface area (Å²) < 4.78 is 31.4. The van der Waals surface area contributed by atoms with E-state index in [2.05, 4.69) is 15.2 Å². The van der Waals surface area contributed by atoms with Crippen LogP contribution in [0.2, 0.25) is 5.02 Å². The third-order valence-electron chi connectivity index (χ3n) is 2.37. The highest BCUT2D eigenvalue weighted by Crippen LogP contribution is 2.29. The number of hydrogen-bond acceptors (Lipinski definition) is 6. The molecular weight excluding hydrogens is 326 g/mol. The standard InChI is InChI=1S/C10H10ClN3O4S2/c1-5-7(11)10(18-13-5)14-20(16,17)6-3-4-19-8(6)9(15)12-2/h3-4,14H,1-2H3,(H,12,15). The summed E-state index contributed by atoms with van der Waals surface area (Å²) in [6, 6.07) is 1.33. The van der Waals surface area contributed by atoms with Crippen LogP contribution >= 0.6 is 22.9 Å². The SMILES string of the molecule is CNC(=O)c1sccc1S(=O)(=O)Nc1onc(C)c1Cl. The van der Waals surface area contributed by atoms with Crippen molar-refractivity contribution in [2.75, 3.05) is 11.8 Å². The number of nitrogens with one attached hydrogen (secondary N) is 2. The number of thiophene rings is 1. The fourth-order valence-corrected chi connectivity index (χ4v) is 3.93. The molecular formula is C10H10ClN3O4S2. The lowest BCUT2D eigenvalue weighted by Gasteiger charge is -2.05. The first-order valence-corrected chi connectivity index (χ1v) is 8.05. The Morgan fingerprint density at radius 3 is 2.75 bits per heavy atom. The third kappa shape index (κ3) is 2.65. The fourth-order valence-electron chi connectivity index (χ4n) is 1.39. The van der Waals surface area contributed by atoms with E-state index >= 15 is 0 Å². The van der Waals surface area contributed by atoms with Crippen molar-refractivity contribution in [3.05, 3.63) is 27.0 Å². The van der Waals surface area contributed by atoms with E-state index in [1.807, 2.05) is 0 Å². The molecule has 2 rings (SSSR count). The van der Waals surface area contributed by atoms with Gasteiger partial charge in [-0.2, -0.15) is 0 Å². The van der Waals surface area contributed by atoms with Gasteiger partial charge in [0.25, 0.3) is 21.8 Å². The van der Waals surface area contributed by atoms with E-state index in [0.29, 0.717) is 5.69 Å². The van der Waals surface area contributed by atoms with Crippen molar-refractivity contribution >= 4 is 44.8 Å². The summed E-state index contributed by atoms with van der Waals surface area (Å²) in [5.74, 6) is -0.668. The van der Waals surface area contributed by atoms with Crippen LogP contribution in [-0.4, -0.2) is 26.5 Å². The van der Waals surface area contributed by atoms with Crippen molar-refractivity contribution in [3.63, 3.8) is 0 Å². The van der Waals surface area contributed by atoms with Crippen molar-refractivity contribution < 1.29 is 17.7 Å². The lowest BCUT2D eigenvalue weighted by atomic mass is 10.4. The highest BCUT2D eigenvalue weighted by molar-refractivity contribution is 7.93. The van der Waals surface area contributed by atoms with Gasteiger partial charge in [-0.3, -0.25) is 4.79 Å². The topological polar surface area (TPSA) is 101 Å². The zero-order valence-electron chi connectivity index (χ0n) is 10.4. The second kappa shape index (κ2) is 5.43. The maximum absolute atomic E-state index is 12.2. The second-order valence-corrected chi connectivity index (χ2v) is 6.65. The predicted molar refractivity (Wildman–Crippen MR) is 74.8 cm³/mol. The Morgan fingerprint density at radius 2 is 2.20 bits per heavy atom. The molecule has 0 saturated carbocycles. The number of nitrogens with zero attached hydrogens (tertiary/aromatic N) is 1. The Morgan fingerprint density at radius 1 is 1.50 bits per heavy atom. The average molecular weight is 336 g/mol. The highest BCUT2D eigenvalue weighted by Gasteiger charge is 2.26. The number of hydrogen-bond donors (Lipinski definition) is 2. The van der Waals surface area contributed by atoms with E-state index in [-0.39, 0.29) is 20.7 Å². The van der Waals surface area contributed by atoms with Crippen LogP contribution < -0.4 is 10.0 Å². The van der Waals surface area contributed by atoms with Gasteiger partial charge in [0.1, 0.15) is 20.5 Å². The Hall–Kier alpha value is -1.58. The van der Waals surface area contributed by atoms with Crippen molar-refractivity contribution in [3.8, 4) is 0 Å². The fraction of sp³-hybridized carbons (Fsp3) is 0.200. The highest BCUT2D eigenvalue weighted by atomic mass is 35.5. The molecule has 0 bridgehead atoms. The molecule has 2 aromatic rings. The monoisotopic (exact) mass is 335 g/mol. The van der Waals surface area contributed by atoms with Crippen molar-refractivity contribution in [2.24, 2.45) is 0 Å². The molecule has 108 valence electrons. The van der Waals surface area contributed by atoms with Crippen molar-refractivity contribution in [1.82, 2.24) is 10.5 Å². The van der Waals surface area contributed by atoms with Crippen molar-refractivity contribution in [1.29, 1.82) is 0 Å². The van der Waals surface area contributed by atoms with Crippen LogP contribution in [0.5, 0.6) is 0 Å². The van der Waals surface area contributed by atoms with E-state index in [1.165, 1.54) is 18.5 Å². The second-order valence-electron chi connectivity index (χ2n) is 3.71. The van der Waals surface area contributed by atoms with Gasteiger partial charge < -0.3 is 9.84 Å². The minimum Gasteiger partial charge on any atom is -0.354 e. The lowest BCUT2D eigenvalue weighted by molar-refractivity contribution is 0.0964. The maximum atomic E-state index is 12.2. The maximum Gasteiger partial charge on any atom is 0.265 e. The van der Waals surface area contributed by atoms with Gasteiger partial charge in [0.15, 0.2) is 0 Å². The Bertz CT molecular complexity index is 750. The molecule has 2 N–H and O–H groups in total. The number of carbonyl (C=O) groups is 1. The van der Waals surface area contributed by atoms with Gasteiger partial charge in [-0.15, -0.1) is 11.3 Å². The molecule has 0 aliphatic rings. The van der Waals surface area contributed by atoms with Gasteiger partial charge in [0, 0.05) is 7.05 Å². The summed E-state index contributed by atoms with van der Waals surface area (Å²) in [4.78, 5) is 11.5. The van der Waals surface area contributed by atoms with Crippen LogP contribution in [0.15, 0.2) is 20.9 Å². The summed E-state index contributed by atoms with van der Waals surface area (Å²) in [7, 11) is -2.56. The molecule has 20 heavy (non-hydrogen) atoms. The number of carbonyl (C=O) groups excluding carboxylic acids is 1. The van der Waals surface area contributed by atoms with Gasteiger partial charge in [-0.1, -0.05) is 16.8 Å². The Balaban J connectivity index is 2.39. The lowest BCUT2D eigenvalue weighted by Crippen LogP contribution is -2.21. The third-order valence-corrected chi connectivity index (χ3v) is 5.23. The van der Waals surface area contributed by atoms with Crippen LogP contribution in [0.3, 0.4) is 0 Å². The van der Waals surface area contributed by atoms with E-state index in [4.69, 9.17) is 16.1 Å². The van der Waals surface area contributed by atoms with Crippen LogP contribution in [0.4, 0.5) is 5.88 Å². The van der Waals surface area contributed by atoms with E-state index in [1.54, 1.807) is 6.92 Å². The molecule has 1 amide bonds. The van der Waals surface area contributed by atoms with Crippen LogP contribution in [-0.2, 0) is 10.0 Å². The number of anilines is 1. The minimum atomic E-state index is -3.98. The number of aryl methyl sites for hydroxylation is 1. The van der Waals surface area contributed by atoms with Crippen molar-refractivity contribution in [2.45, 2.75) is 11.8 Å². The molecule has 0 radical (unpaired) electrons. The first-order chi connectivity index (χ1) is 9.36. The van der Waals surface area contributed by atoms with Gasteiger partial charge in [0.2, 0.25) is 0 Å². The average Bonchev–Trinajstić information content (AvgIpc) is 3.00. The van der Waals surface area contributed by atoms with Crippen LogP contribution in [0.1, 0.15) is 15.4 Å². The first-order valence-electron chi connectivity index (χ1n) is 5.31. The molecule has 0 aliphatic carbocycles. The molecule has 10 heteroatoms. The number of sulfonamides is 1. The molecule has 2 heterocycles. The minimum absolute atomic E-state index is 0.0743. The number of amides is 1. The summed E-state index contributed by atoms with van der Waals surface area (Å²) in [5.41, 5.74) is 0.362. The zero-order chi connectivity index (χ0) is 14.9. The van der Waals surface area contributed by atoms with Gasteiger partial charge in [-0.05, 0) is 18.4 Å². The molecule has 0 fully saturated rings. The van der Waals surface area contributed by atoms with Gasteiger partial charge >= 0.3 is 0 Å². The van der Waals surface area contributed by atoms with Crippen LogP contribution in [0.25, 0.3) is 0 Å². The number of halogens is 1. The zero-order valence-corrected chi connectivity index (χ0v) is 12.8. The summed E-state index contributed by atoms with van der Waals surface area (Å²) in [6.45, 7) is 1.57. The van der Waals surface area contributed by atoms with E-state index < -0.39 is 15.9 Å². The predicted octanol–water partition coefficient (Wildman–Crippen LogP) is 1.86. The van der Waals surface area contributed by atoms with Gasteiger partial charge in [-0.25, -0.2) is 13.1 Å². The Labute approximate surface area is 124 Å². The van der Waals surface area contributed by atoms with E-state index in [9.17, 15) is 13.2 Å². The summed E-state index contributed by atoms with van der Waals surface area (Å²) in [6.07, 6.45) is 0.